The number of aliphatic imine (C=N–C) groups is 1. The van der Waals surface area contributed by atoms with Gasteiger partial charge in [-0.3, -0.25) is 19.5 Å². The van der Waals surface area contributed by atoms with Crippen molar-refractivity contribution in [1.29, 1.82) is 0 Å². The van der Waals surface area contributed by atoms with E-state index in [4.69, 9.17) is 4.74 Å². The third-order valence-corrected chi connectivity index (χ3v) is 6.73. The molecule has 0 spiro atoms. The van der Waals surface area contributed by atoms with Gasteiger partial charge in [0.25, 0.3) is 0 Å². The molecule has 2 amide bonds. The second-order valence-corrected chi connectivity index (χ2v) is 8.67. The van der Waals surface area contributed by atoms with E-state index in [1.54, 1.807) is 21.1 Å². The summed E-state index contributed by atoms with van der Waals surface area (Å²) in [5, 5.41) is 0.823. The van der Waals surface area contributed by atoms with Gasteiger partial charge >= 0.3 is 0 Å². The van der Waals surface area contributed by atoms with Crippen LogP contribution in [0.1, 0.15) is 27.1 Å². The molecule has 1 aromatic heterocycles. The molecule has 2 aromatic rings. The molecular formula is C22H25N3O3S. The van der Waals surface area contributed by atoms with Gasteiger partial charge in [-0.05, 0) is 26.3 Å². The van der Waals surface area contributed by atoms with Gasteiger partial charge in [0, 0.05) is 29.1 Å². The fourth-order valence-corrected chi connectivity index (χ4v) is 4.83. The lowest BCUT2D eigenvalue weighted by molar-refractivity contribution is -0.134. The Labute approximate surface area is 174 Å². The van der Waals surface area contributed by atoms with Crippen molar-refractivity contribution in [3.63, 3.8) is 0 Å². The predicted molar refractivity (Wildman–Crippen MR) is 115 cm³/mol. The van der Waals surface area contributed by atoms with E-state index in [0.29, 0.717) is 26.3 Å². The molecule has 0 bridgehead atoms. The van der Waals surface area contributed by atoms with Crippen LogP contribution in [0.5, 0.6) is 0 Å². The fourth-order valence-electron chi connectivity index (χ4n) is 3.66. The van der Waals surface area contributed by atoms with Gasteiger partial charge < -0.3 is 9.64 Å². The standard InChI is InChI=1S/C22H25N3O3S/c1-14-4-6-17(7-5-14)21-20-15(2)16(3)29-22(20)25(18(26)12-23-21)13-19(27)24-8-10-28-11-9-24/h4-7H,8-13H2,1-3H3. The summed E-state index contributed by atoms with van der Waals surface area (Å²) in [7, 11) is 0. The molecule has 152 valence electrons. The molecule has 6 nitrogen and oxygen atoms in total. The van der Waals surface area contributed by atoms with Gasteiger partial charge in [0.15, 0.2) is 0 Å². The number of hydrogen-bond donors (Lipinski definition) is 0. The quantitative estimate of drug-likeness (QED) is 0.780. The summed E-state index contributed by atoms with van der Waals surface area (Å²) in [5.74, 6) is -0.189. The van der Waals surface area contributed by atoms with Crippen LogP contribution in [0.25, 0.3) is 0 Å². The molecule has 4 rings (SSSR count). The fraction of sp³-hybridized carbons (Fsp3) is 0.409. The minimum atomic E-state index is -0.142. The molecule has 2 aliphatic rings. The van der Waals surface area contributed by atoms with Crippen molar-refractivity contribution in [3.8, 4) is 0 Å². The van der Waals surface area contributed by atoms with Gasteiger partial charge in [-0.15, -0.1) is 11.3 Å². The molecule has 1 saturated heterocycles. The molecule has 2 aliphatic heterocycles. The number of anilines is 1. The number of hydrogen-bond acceptors (Lipinski definition) is 5. The Morgan fingerprint density at radius 1 is 1.14 bits per heavy atom. The summed E-state index contributed by atoms with van der Waals surface area (Å²) >= 11 is 1.56. The third-order valence-electron chi connectivity index (χ3n) is 5.50. The highest BCUT2D eigenvalue weighted by atomic mass is 32.1. The summed E-state index contributed by atoms with van der Waals surface area (Å²) in [4.78, 5) is 35.0. The highest BCUT2D eigenvalue weighted by Crippen LogP contribution is 2.38. The Hall–Kier alpha value is -2.51. The van der Waals surface area contributed by atoms with Gasteiger partial charge in [0.05, 0.1) is 18.9 Å². The first-order valence-corrected chi connectivity index (χ1v) is 10.6. The Bertz CT molecular complexity index is 972. The van der Waals surface area contributed by atoms with Crippen LogP contribution in [0.15, 0.2) is 29.3 Å². The molecule has 0 atom stereocenters. The topological polar surface area (TPSA) is 62.2 Å². The Kier molecular flexibility index (Phi) is 5.52. The van der Waals surface area contributed by atoms with Gasteiger partial charge in [0.2, 0.25) is 11.8 Å². The first kappa shape index (κ1) is 19.8. The van der Waals surface area contributed by atoms with Crippen molar-refractivity contribution in [2.45, 2.75) is 20.8 Å². The van der Waals surface area contributed by atoms with Crippen molar-refractivity contribution in [1.82, 2.24) is 4.90 Å². The van der Waals surface area contributed by atoms with Gasteiger partial charge in [-0.1, -0.05) is 29.8 Å². The predicted octanol–water partition coefficient (Wildman–Crippen LogP) is 2.72. The monoisotopic (exact) mass is 411 g/mol. The molecule has 1 fully saturated rings. The summed E-state index contributed by atoms with van der Waals surface area (Å²) < 4.78 is 5.34. The van der Waals surface area contributed by atoms with E-state index in [-0.39, 0.29) is 24.9 Å². The first-order valence-electron chi connectivity index (χ1n) is 9.83. The number of carbonyl (C=O) groups excluding carboxylic acids is 2. The lowest BCUT2D eigenvalue weighted by Crippen LogP contribution is -2.47. The van der Waals surface area contributed by atoms with Crippen LogP contribution in [0.3, 0.4) is 0 Å². The maximum absolute atomic E-state index is 13.0. The van der Waals surface area contributed by atoms with Crippen LogP contribution >= 0.6 is 11.3 Å². The summed E-state index contributed by atoms with van der Waals surface area (Å²) in [6.07, 6.45) is 0. The lowest BCUT2D eigenvalue weighted by atomic mass is 9.99. The third kappa shape index (κ3) is 3.84. The zero-order chi connectivity index (χ0) is 20.5. The molecule has 29 heavy (non-hydrogen) atoms. The number of morpholine rings is 1. The zero-order valence-electron chi connectivity index (χ0n) is 17.0. The second kappa shape index (κ2) is 8.08. The molecule has 3 heterocycles. The van der Waals surface area contributed by atoms with E-state index in [9.17, 15) is 9.59 Å². The van der Waals surface area contributed by atoms with E-state index in [2.05, 4.69) is 24.0 Å². The Morgan fingerprint density at radius 3 is 2.52 bits per heavy atom. The summed E-state index contributed by atoms with van der Waals surface area (Å²) in [5.41, 5.74) is 5.08. The largest absolute Gasteiger partial charge is 0.378 e. The van der Waals surface area contributed by atoms with Gasteiger partial charge in [-0.2, -0.15) is 0 Å². The molecule has 0 radical (unpaired) electrons. The molecule has 0 unspecified atom stereocenters. The molecule has 0 aliphatic carbocycles. The Morgan fingerprint density at radius 2 is 1.83 bits per heavy atom. The second-order valence-electron chi connectivity index (χ2n) is 7.47. The van der Waals surface area contributed by atoms with Crippen molar-refractivity contribution in [2.75, 3.05) is 44.3 Å². The Balaban J connectivity index is 1.72. The van der Waals surface area contributed by atoms with Crippen LogP contribution in [-0.2, 0) is 14.3 Å². The number of thiophene rings is 1. The van der Waals surface area contributed by atoms with E-state index < -0.39 is 0 Å². The van der Waals surface area contributed by atoms with Crippen molar-refractivity contribution in [3.05, 3.63) is 51.4 Å². The zero-order valence-corrected chi connectivity index (χ0v) is 17.8. The summed E-state index contributed by atoms with van der Waals surface area (Å²) in [6.45, 7) is 8.47. The molecule has 1 aromatic carbocycles. The number of benzene rings is 1. The number of aryl methyl sites for hydroxylation is 2. The number of fused-ring (bicyclic) bond motifs is 1. The minimum Gasteiger partial charge on any atom is -0.378 e. The maximum Gasteiger partial charge on any atom is 0.249 e. The van der Waals surface area contributed by atoms with Gasteiger partial charge in [-0.25, -0.2) is 0 Å². The molecule has 7 heteroatoms. The average Bonchev–Trinajstić information content (AvgIpc) is 2.94. The average molecular weight is 412 g/mol. The van der Waals surface area contributed by atoms with E-state index in [1.165, 1.54) is 5.56 Å². The van der Waals surface area contributed by atoms with E-state index >= 15 is 0 Å². The minimum absolute atomic E-state index is 0.0412. The summed E-state index contributed by atoms with van der Waals surface area (Å²) in [6, 6.07) is 8.20. The van der Waals surface area contributed by atoms with Crippen LogP contribution in [0, 0.1) is 20.8 Å². The van der Waals surface area contributed by atoms with Crippen molar-refractivity contribution in [2.24, 2.45) is 4.99 Å². The molecular weight excluding hydrogens is 386 g/mol. The normalized spacial score (nSPS) is 17.1. The highest BCUT2D eigenvalue weighted by molar-refractivity contribution is 7.17. The van der Waals surface area contributed by atoms with Crippen LogP contribution in [-0.4, -0.2) is 61.8 Å². The number of carbonyl (C=O) groups is 2. The van der Waals surface area contributed by atoms with Crippen LogP contribution < -0.4 is 4.90 Å². The van der Waals surface area contributed by atoms with Crippen molar-refractivity contribution >= 4 is 33.9 Å². The van der Waals surface area contributed by atoms with E-state index in [1.807, 2.05) is 26.0 Å². The lowest BCUT2D eigenvalue weighted by Gasteiger charge is -2.29. The van der Waals surface area contributed by atoms with Crippen LogP contribution in [0.4, 0.5) is 5.00 Å². The molecule has 0 saturated carbocycles. The van der Waals surface area contributed by atoms with Gasteiger partial charge in [0.1, 0.15) is 18.1 Å². The number of amides is 2. The number of rotatable bonds is 3. The smallest absolute Gasteiger partial charge is 0.249 e. The van der Waals surface area contributed by atoms with Crippen LogP contribution in [0.2, 0.25) is 0 Å². The van der Waals surface area contributed by atoms with Crippen molar-refractivity contribution < 1.29 is 14.3 Å². The SMILES string of the molecule is Cc1ccc(C2=NCC(=O)N(CC(=O)N3CCOCC3)c3sc(C)c(C)c32)cc1. The number of ether oxygens (including phenoxy) is 1. The number of nitrogens with zero attached hydrogens (tertiary/aromatic N) is 3. The maximum atomic E-state index is 13.0. The highest BCUT2D eigenvalue weighted by Gasteiger charge is 2.32. The van der Waals surface area contributed by atoms with E-state index in [0.717, 1.165) is 32.3 Å². The first-order chi connectivity index (χ1) is 14.0. The molecule has 0 N–H and O–H groups in total.